The summed E-state index contributed by atoms with van der Waals surface area (Å²) in [5.74, 6) is -3.98. The lowest BCUT2D eigenvalue weighted by Gasteiger charge is -2.39. The summed E-state index contributed by atoms with van der Waals surface area (Å²) in [5, 5.41) is 22.1. The number of carboxylic acid groups (broad SMARTS) is 1. The summed E-state index contributed by atoms with van der Waals surface area (Å²) >= 11 is 5.83. The molecule has 1 amide bonds. The highest BCUT2D eigenvalue weighted by atomic mass is 32.1. The Bertz CT molecular complexity index is 1400. The number of amides is 1. The topological polar surface area (TPSA) is 106 Å². The van der Waals surface area contributed by atoms with Crippen LogP contribution in [0.5, 0.6) is 0 Å². The smallest absolute Gasteiger partial charge is 0.336 e. The number of ether oxygens (including phenoxy) is 3. The van der Waals surface area contributed by atoms with Crippen LogP contribution in [0.4, 0.5) is 0 Å². The maximum atomic E-state index is 14.8. The Kier molecular flexibility index (Phi) is 15.9. The molecule has 286 valence electrons. The van der Waals surface area contributed by atoms with Gasteiger partial charge in [-0.25, -0.2) is 4.79 Å². The number of carbonyl (C=O) groups is 2. The maximum Gasteiger partial charge on any atom is 0.336 e. The lowest BCUT2D eigenvalue weighted by molar-refractivity contribution is -0.169. The van der Waals surface area contributed by atoms with Gasteiger partial charge in [-0.2, -0.15) is 0 Å². The van der Waals surface area contributed by atoms with Crippen LogP contribution in [0.3, 0.4) is 0 Å². The first-order chi connectivity index (χ1) is 25.1. The first-order valence-corrected chi connectivity index (χ1v) is 20.0. The summed E-state index contributed by atoms with van der Waals surface area (Å²) in [5.41, 5.74) is -1.80. The van der Waals surface area contributed by atoms with Gasteiger partial charge in [0.15, 0.2) is 17.0 Å². The molecule has 9 heteroatoms. The zero-order valence-electron chi connectivity index (χ0n) is 31.8. The molecular formula is C43H61NO7S. The number of rotatable bonds is 22. The summed E-state index contributed by atoms with van der Waals surface area (Å²) in [6.07, 6.45) is 16.2. The van der Waals surface area contributed by atoms with Gasteiger partial charge >= 0.3 is 5.97 Å². The van der Waals surface area contributed by atoms with Crippen LogP contribution in [0.25, 0.3) is 0 Å². The number of aliphatic hydroxyl groups is 1. The second kappa shape index (κ2) is 19.8. The van der Waals surface area contributed by atoms with E-state index in [-0.39, 0.29) is 17.5 Å². The van der Waals surface area contributed by atoms with Crippen LogP contribution >= 0.6 is 12.2 Å². The SMILES string of the molecule is CCCCCCCC1(CCCCCCC=C[C@H](C(=O)N2C(=S)OC(c3ccccc3)(c3ccccc3)C2C(C)C)[C@@](O)(CCC)C(=O)O)OCCO1. The van der Waals surface area contributed by atoms with Crippen molar-refractivity contribution in [2.45, 2.75) is 141 Å². The van der Waals surface area contributed by atoms with Crippen molar-refractivity contribution < 1.29 is 34.0 Å². The predicted molar refractivity (Wildman–Crippen MR) is 209 cm³/mol. The highest BCUT2D eigenvalue weighted by Gasteiger charge is 2.60. The average molecular weight is 736 g/mol. The Labute approximate surface area is 316 Å². The number of hydrogen-bond acceptors (Lipinski definition) is 7. The fraction of sp³-hybridized carbons (Fsp3) is 0.605. The van der Waals surface area contributed by atoms with Gasteiger partial charge in [-0.05, 0) is 50.2 Å². The van der Waals surface area contributed by atoms with Crippen molar-refractivity contribution in [1.29, 1.82) is 0 Å². The molecule has 1 unspecified atom stereocenters. The molecule has 3 atom stereocenters. The minimum Gasteiger partial charge on any atom is -0.479 e. The molecule has 0 spiro atoms. The molecule has 52 heavy (non-hydrogen) atoms. The largest absolute Gasteiger partial charge is 0.479 e. The van der Waals surface area contributed by atoms with Crippen LogP contribution in [0.15, 0.2) is 72.8 Å². The molecule has 2 aromatic rings. The number of carbonyl (C=O) groups excluding carboxylic acids is 1. The third-order valence-electron chi connectivity index (χ3n) is 10.7. The molecule has 0 aromatic heterocycles. The Morgan fingerprint density at radius 2 is 1.40 bits per heavy atom. The monoisotopic (exact) mass is 735 g/mol. The Hall–Kier alpha value is -3.11. The lowest BCUT2D eigenvalue weighted by atomic mass is 9.75. The van der Waals surface area contributed by atoms with Gasteiger partial charge in [-0.15, -0.1) is 0 Å². The summed E-state index contributed by atoms with van der Waals surface area (Å²) in [6.45, 7) is 9.35. The number of allylic oxidation sites excluding steroid dienone is 1. The van der Waals surface area contributed by atoms with E-state index in [2.05, 4.69) is 6.92 Å². The van der Waals surface area contributed by atoms with Crippen molar-refractivity contribution in [1.82, 2.24) is 4.90 Å². The van der Waals surface area contributed by atoms with E-state index in [0.29, 0.717) is 26.1 Å². The van der Waals surface area contributed by atoms with Crippen molar-refractivity contribution in [3.8, 4) is 0 Å². The molecule has 2 aliphatic heterocycles. The van der Waals surface area contributed by atoms with E-state index in [0.717, 1.165) is 56.1 Å². The number of carboxylic acids is 1. The number of unbranched alkanes of at least 4 members (excludes halogenated alkanes) is 8. The fourth-order valence-electron chi connectivity index (χ4n) is 8.06. The molecule has 2 aliphatic rings. The molecule has 2 heterocycles. The number of benzene rings is 2. The maximum absolute atomic E-state index is 14.8. The van der Waals surface area contributed by atoms with Gasteiger partial charge in [0.05, 0.1) is 25.2 Å². The van der Waals surface area contributed by atoms with Gasteiger partial charge in [0.2, 0.25) is 5.91 Å². The highest BCUT2D eigenvalue weighted by molar-refractivity contribution is 7.80. The molecular weight excluding hydrogens is 675 g/mol. The standard InChI is InChI=1S/C43H61NO7S/c1-5-7-8-12-21-29-41(49-31-32-50-41)30-22-13-10-9-11-20-27-36(42(48,28-6-2)39(46)47)38(45)44-37(33(3)4)43(51-40(44)52,34-23-16-14-17-24-34)35-25-18-15-19-26-35/h14-20,23-27,33,36-37,48H,5-13,21-22,28-32H2,1-4H3,(H,46,47)/t36-,37?,42+/m1/s1. The summed E-state index contributed by atoms with van der Waals surface area (Å²) < 4.78 is 18.8. The zero-order chi connectivity index (χ0) is 37.6. The van der Waals surface area contributed by atoms with E-state index in [9.17, 15) is 19.8 Å². The molecule has 2 fully saturated rings. The molecule has 2 saturated heterocycles. The number of hydrogen-bond donors (Lipinski definition) is 2. The van der Waals surface area contributed by atoms with Gasteiger partial charge in [0.1, 0.15) is 0 Å². The van der Waals surface area contributed by atoms with E-state index < -0.39 is 40.8 Å². The summed E-state index contributed by atoms with van der Waals surface area (Å²) in [6, 6.07) is 18.8. The van der Waals surface area contributed by atoms with E-state index in [1.54, 1.807) is 13.0 Å². The minimum absolute atomic E-state index is 0.0343. The first-order valence-electron chi connectivity index (χ1n) is 19.6. The van der Waals surface area contributed by atoms with Gasteiger partial charge in [0, 0.05) is 24.0 Å². The second-order valence-corrected chi connectivity index (χ2v) is 15.2. The van der Waals surface area contributed by atoms with Gasteiger partial charge in [0.25, 0.3) is 5.17 Å². The van der Waals surface area contributed by atoms with Crippen LogP contribution in [0, 0.1) is 11.8 Å². The molecule has 2 N–H and O–H groups in total. The average Bonchev–Trinajstić information content (AvgIpc) is 3.74. The van der Waals surface area contributed by atoms with Crippen LogP contribution < -0.4 is 0 Å². The molecule has 4 rings (SSSR count). The third-order valence-corrected chi connectivity index (χ3v) is 11.0. The van der Waals surface area contributed by atoms with Crippen molar-refractivity contribution in [2.24, 2.45) is 11.8 Å². The van der Waals surface area contributed by atoms with Crippen molar-refractivity contribution in [3.05, 3.63) is 83.9 Å². The van der Waals surface area contributed by atoms with Crippen molar-refractivity contribution >= 4 is 29.3 Å². The number of thiocarbonyl (C=S) groups is 1. The minimum atomic E-state index is -2.32. The van der Waals surface area contributed by atoms with Gasteiger partial charge in [-0.3, -0.25) is 9.69 Å². The fourth-order valence-corrected chi connectivity index (χ4v) is 8.39. The Morgan fingerprint density at radius 1 is 0.865 bits per heavy atom. The molecule has 0 radical (unpaired) electrons. The summed E-state index contributed by atoms with van der Waals surface area (Å²) in [7, 11) is 0. The number of nitrogens with zero attached hydrogens (tertiary/aromatic N) is 1. The van der Waals surface area contributed by atoms with E-state index in [4.69, 9.17) is 26.4 Å². The van der Waals surface area contributed by atoms with Crippen LogP contribution in [0.1, 0.15) is 129 Å². The highest BCUT2D eigenvalue weighted by Crippen LogP contribution is 2.48. The molecule has 8 nitrogen and oxygen atoms in total. The van der Waals surface area contributed by atoms with Crippen LogP contribution in [0.2, 0.25) is 0 Å². The normalized spacial score (nSPS) is 19.9. The molecule has 0 bridgehead atoms. The quantitative estimate of drug-likeness (QED) is 0.0701. The molecule has 0 aliphatic carbocycles. The van der Waals surface area contributed by atoms with E-state index in [1.165, 1.54) is 30.6 Å². The van der Waals surface area contributed by atoms with Gasteiger partial charge < -0.3 is 24.4 Å². The Balaban J connectivity index is 1.49. The van der Waals surface area contributed by atoms with Crippen molar-refractivity contribution in [3.63, 3.8) is 0 Å². The molecule has 0 saturated carbocycles. The predicted octanol–water partition coefficient (Wildman–Crippen LogP) is 9.33. The van der Waals surface area contributed by atoms with Crippen molar-refractivity contribution in [2.75, 3.05) is 13.2 Å². The third kappa shape index (κ3) is 9.70. The Morgan fingerprint density at radius 3 is 1.90 bits per heavy atom. The van der Waals surface area contributed by atoms with E-state index >= 15 is 0 Å². The lowest BCUT2D eigenvalue weighted by Crippen LogP contribution is -2.56. The number of aliphatic carboxylic acids is 1. The van der Waals surface area contributed by atoms with Crippen LogP contribution in [-0.2, 0) is 29.4 Å². The summed E-state index contributed by atoms with van der Waals surface area (Å²) in [4.78, 5) is 29.0. The van der Waals surface area contributed by atoms with E-state index in [1.807, 2.05) is 80.6 Å². The first kappa shape index (κ1) is 41.6. The molecule has 2 aromatic carbocycles. The second-order valence-electron chi connectivity index (χ2n) is 14.8. The van der Waals surface area contributed by atoms with Crippen LogP contribution in [-0.4, -0.2) is 62.8 Å². The van der Waals surface area contributed by atoms with Gasteiger partial charge in [-0.1, -0.05) is 145 Å². The zero-order valence-corrected chi connectivity index (χ0v) is 32.6.